The second-order valence-electron chi connectivity index (χ2n) is 5.35. The Morgan fingerprint density at radius 2 is 2.00 bits per heavy atom. The van der Waals surface area contributed by atoms with Crippen LogP contribution >= 0.6 is 0 Å². The lowest BCUT2D eigenvalue weighted by atomic mass is 9.80. The normalized spacial score (nSPS) is 17.8. The molecule has 4 heteroatoms. The van der Waals surface area contributed by atoms with Crippen molar-refractivity contribution in [2.45, 2.75) is 44.1 Å². The fraction of sp³-hybridized carbons (Fsp3) is 0.533. The molecule has 1 aliphatic rings. The van der Waals surface area contributed by atoms with E-state index >= 15 is 0 Å². The van der Waals surface area contributed by atoms with E-state index < -0.39 is 0 Å². The van der Waals surface area contributed by atoms with E-state index in [9.17, 15) is 4.79 Å². The average Bonchev–Trinajstić information content (AvgIpc) is 2.39. The highest BCUT2D eigenvalue weighted by Gasteiger charge is 2.30. The van der Waals surface area contributed by atoms with Crippen LogP contribution < -0.4 is 15.8 Å². The summed E-state index contributed by atoms with van der Waals surface area (Å²) in [5.41, 5.74) is 6.67. The first-order chi connectivity index (χ1) is 9.13. The molecule has 1 aromatic rings. The number of hydrogen-bond donors (Lipinski definition) is 2. The molecule has 0 aromatic heterocycles. The van der Waals surface area contributed by atoms with Gasteiger partial charge in [-0.2, -0.15) is 0 Å². The Kier molecular flexibility index (Phi) is 4.43. The molecule has 1 aromatic carbocycles. The fourth-order valence-electron chi connectivity index (χ4n) is 2.69. The molecule has 2 rings (SSSR count). The molecule has 0 atom stereocenters. The predicted molar refractivity (Wildman–Crippen MR) is 76.2 cm³/mol. The van der Waals surface area contributed by atoms with Crippen LogP contribution in [0.3, 0.4) is 0 Å². The van der Waals surface area contributed by atoms with E-state index in [0.717, 1.165) is 25.7 Å². The summed E-state index contributed by atoms with van der Waals surface area (Å²) >= 11 is 0. The van der Waals surface area contributed by atoms with E-state index in [1.165, 1.54) is 6.42 Å². The molecule has 3 N–H and O–H groups in total. The molecule has 1 aliphatic carbocycles. The summed E-state index contributed by atoms with van der Waals surface area (Å²) in [6.07, 6.45) is 5.73. The van der Waals surface area contributed by atoms with Gasteiger partial charge in [0.2, 0.25) is 5.91 Å². The molecule has 0 spiro atoms. The highest BCUT2D eigenvalue weighted by atomic mass is 16.5. The van der Waals surface area contributed by atoms with Crippen LogP contribution in [0.2, 0.25) is 0 Å². The zero-order valence-electron chi connectivity index (χ0n) is 11.4. The number of carbonyl (C=O) groups excluding carboxylic acids is 1. The van der Waals surface area contributed by atoms with E-state index in [1.54, 1.807) is 7.11 Å². The number of nitrogens with one attached hydrogen (secondary N) is 1. The lowest BCUT2D eigenvalue weighted by Crippen LogP contribution is -2.44. The molecule has 0 unspecified atom stereocenters. The van der Waals surface area contributed by atoms with Crippen LogP contribution in [0.4, 0.5) is 5.69 Å². The van der Waals surface area contributed by atoms with Crippen molar-refractivity contribution in [2.75, 3.05) is 12.4 Å². The van der Waals surface area contributed by atoms with Crippen molar-refractivity contribution in [1.82, 2.24) is 0 Å². The van der Waals surface area contributed by atoms with Gasteiger partial charge >= 0.3 is 0 Å². The Hall–Kier alpha value is -1.55. The average molecular weight is 262 g/mol. The van der Waals surface area contributed by atoms with Crippen LogP contribution in [0.5, 0.6) is 5.75 Å². The third-order valence-corrected chi connectivity index (χ3v) is 3.74. The monoisotopic (exact) mass is 262 g/mol. The molecule has 1 fully saturated rings. The molecule has 4 nitrogen and oxygen atoms in total. The SMILES string of the molecule is COc1ccccc1NC(=O)CC1(N)CCCCC1. The Labute approximate surface area is 114 Å². The van der Waals surface area contributed by atoms with Gasteiger partial charge in [0.05, 0.1) is 12.8 Å². The van der Waals surface area contributed by atoms with Crippen molar-refractivity contribution < 1.29 is 9.53 Å². The summed E-state index contributed by atoms with van der Waals surface area (Å²) < 4.78 is 5.22. The number of hydrogen-bond acceptors (Lipinski definition) is 3. The van der Waals surface area contributed by atoms with Crippen molar-refractivity contribution in [3.05, 3.63) is 24.3 Å². The van der Waals surface area contributed by atoms with Gasteiger partial charge < -0.3 is 15.8 Å². The number of anilines is 1. The van der Waals surface area contributed by atoms with Crippen LogP contribution in [-0.4, -0.2) is 18.6 Å². The molecule has 0 bridgehead atoms. The quantitative estimate of drug-likeness (QED) is 0.876. The van der Waals surface area contributed by atoms with Gasteiger partial charge in [-0.1, -0.05) is 31.4 Å². The number of methoxy groups -OCH3 is 1. The Balaban J connectivity index is 1.97. The second kappa shape index (κ2) is 6.06. The van der Waals surface area contributed by atoms with E-state index in [4.69, 9.17) is 10.5 Å². The lowest BCUT2D eigenvalue weighted by molar-refractivity contribution is -0.117. The number of rotatable bonds is 4. The van der Waals surface area contributed by atoms with Crippen molar-refractivity contribution in [1.29, 1.82) is 0 Å². The van der Waals surface area contributed by atoms with Gasteiger partial charge in [-0.15, -0.1) is 0 Å². The molecule has 19 heavy (non-hydrogen) atoms. The first kappa shape index (κ1) is 13.9. The molecule has 0 heterocycles. The van der Waals surface area contributed by atoms with Gasteiger partial charge in [-0.05, 0) is 25.0 Å². The predicted octanol–water partition coefficient (Wildman–Crippen LogP) is 2.69. The maximum absolute atomic E-state index is 12.1. The summed E-state index contributed by atoms with van der Waals surface area (Å²) in [7, 11) is 1.59. The van der Waals surface area contributed by atoms with Crippen LogP contribution in [0.25, 0.3) is 0 Å². The molecule has 1 amide bonds. The van der Waals surface area contributed by atoms with Gasteiger partial charge in [0.25, 0.3) is 0 Å². The highest BCUT2D eigenvalue weighted by Crippen LogP contribution is 2.30. The van der Waals surface area contributed by atoms with Crippen molar-refractivity contribution in [2.24, 2.45) is 5.73 Å². The van der Waals surface area contributed by atoms with Crippen LogP contribution in [0.15, 0.2) is 24.3 Å². The summed E-state index contributed by atoms with van der Waals surface area (Å²) in [4.78, 5) is 12.1. The Bertz CT molecular complexity index is 440. The van der Waals surface area contributed by atoms with E-state index in [-0.39, 0.29) is 11.4 Å². The van der Waals surface area contributed by atoms with Crippen molar-refractivity contribution >= 4 is 11.6 Å². The third-order valence-electron chi connectivity index (χ3n) is 3.74. The number of ether oxygens (including phenoxy) is 1. The fourth-order valence-corrected chi connectivity index (χ4v) is 2.69. The van der Waals surface area contributed by atoms with Crippen LogP contribution in [0.1, 0.15) is 38.5 Å². The van der Waals surface area contributed by atoms with Crippen molar-refractivity contribution in [3.8, 4) is 5.75 Å². The Morgan fingerprint density at radius 1 is 1.32 bits per heavy atom. The molecular formula is C15H22N2O2. The zero-order chi connectivity index (χ0) is 13.7. The number of amides is 1. The smallest absolute Gasteiger partial charge is 0.226 e. The number of carbonyl (C=O) groups is 1. The summed E-state index contributed by atoms with van der Waals surface area (Å²) in [5, 5.41) is 2.89. The largest absolute Gasteiger partial charge is 0.495 e. The topological polar surface area (TPSA) is 64.3 Å². The minimum Gasteiger partial charge on any atom is -0.495 e. The van der Waals surface area contributed by atoms with Gasteiger partial charge in [0, 0.05) is 12.0 Å². The third kappa shape index (κ3) is 3.70. The highest BCUT2D eigenvalue weighted by molar-refractivity contribution is 5.92. The van der Waals surface area contributed by atoms with E-state index in [0.29, 0.717) is 17.9 Å². The number of para-hydroxylation sites is 2. The van der Waals surface area contributed by atoms with Crippen molar-refractivity contribution in [3.63, 3.8) is 0 Å². The maximum Gasteiger partial charge on any atom is 0.226 e. The second-order valence-corrected chi connectivity index (χ2v) is 5.35. The molecule has 104 valence electrons. The standard InChI is InChI=1S/C15H22N2O2/c1-19-13-8-4-3-7-12(13)17-14(18)11-15(16)9-5-2-6-10-15/h3-4,7-8H,2,5-6,9-11,16H2,1H3,(H,17,18). The first-order valence-electron chi connectivity index (χ1n) is 6.85. The number of benzene rings is 1. The van der Waals surface area contributed by atoms with Gasteiger partial charge in [-0.25, -0.2) is 0 Å². The minimum absolute atomic E-state index is 0.0334. The minimum atomic E-state index is -0.329. The first-order valence-corrected chi connectivity index (χ1v) is 6.85. The molecule has 1 saturated carbocycles. The van der Waals surface area contributed by atoms with Crippen LogP contribution in [0, 0.1) is 0 Å². The molecular weight excluding hydrogens is 240 g/mol. The maximum atomic E-state index is 12.1. The zero-order valence-corrected chi connectivity index (χ0v) is 11.4. The molecule has 0 radical (unpaired) electrons. The summed E-state index contributed by atoms with van der Waals surface area (Å²) in [6, 6.07) is 7.41. The van der Waals surface area contributed by atoms with Gasteiger partial charge in [0.15, 0.2) is 0 Å². The van der Waals surface area contributed by atoms with Gasteiger partial charge in [-0.3, -0.25) is 4.79 Å². The molecule has 0 aliphatic heterocycles. The number of nitrogens with two attached hydrogens (primary N) is 1. The van der Waals surface area contributed by atoms with Gasteiger partial charge in [0.1, 0.15) is 5.75 Å². The summed E-state index contributed by atoms with van der Waals surface area (Å²) in [5.74, 6) is 0.638. The lowest BCUT2D eigenvalue weighted by Gasteiger charge is -2.32. The Morgan fingerprint density at radius 3 is 2.68 bits per heavy atom. The van der Waals surface area contributed by atoms with Crippen LogP contribution in [-0.2, 0) is 4.79 Å². The van der Waals surface area contributed by atoms with E-state index in [1.807, 2.05) is 24.3 Å². The molecule has 0 saturated heterocycles. The van der Waals surface area contributed by atoms with E-state index in [2.05, 4.69) is 5.32 Å². The summed E-state index contributed by atoms with van der Waals surface area (Å²) in [6.45, 7) is 0.